The van der Waals surface area contributed by atoms with Crippen molar-refractivity contribution in [3.05, 3.63) is 54.3 Å². The Labute approximate surface area is 197 Å². The average Bonchev–Trinajstić information content (AvgIpc) is 3.59. The molecule has 184 valence electrons. The molecule has 2 atom stereocenters. The highest BCUT2D eigenvalue weighted by molar-refractivity contribution is 5.92. The largest absolute Gasteiger partial charge is 0.419 e. The fourth-order valence-corrected chi connectivity index (χ4v) is 4.27. The topological polar surface area (TPSA) is 92.9 Å². The van der Waals surface area contributed by atoms with E-state index in [9.17, 15) is 18.0 Å². The number of anilines is 1. The lowest BCUT2D eigenvalue weighted by Crippen LogP contribution is -2.55. The summed E-state index contributed by atoms with van der Waals surface area (Å²) >= 11 is 0. The molecule has 4 heterocycles. The van der Waals surface area contributed by atoms with Gasteiger partial charge in [0.25, 0.3) is 5.91 Å². The van der Waals surface area contributed by atoms with Gasteiger partial charge in [-0.2, -0.15) is 13.2 Å². The van der Waals surface area contributed by atoms with Crippen LogP contribution in [0.2, 0.25) is 0 Å². The van der Waals surface area contributed by atoms with Crippen LogP contribution in [0.25, 0.3) is 5.82 Å². The Balaban J connectivity index is 1.29. The van der Waals surface area contributed by atoms with E-state index in [1.165, 1.54) is 17.3 Å². The van der Waals surface area contributed by atoms with Crippen LogP contribution in [0, 0.1) is 6.92 Å². The molecule has 1 aliphatic heterocycles. The van der Waals surface area contributed by atoms with E-state index < -0.39 is 24.0 Å². The molecule has 0 radical (unpaired) electrons. The van der Waals surface area contributed by atoms with Crippen LogP contribution in [0.3, 0.4) is 0 Å². The minimum absolute atomic E-state index is 0.0275. The monoisotopic (exact) mass is 490 g/mol. The molecule has 5 rings (SSSR count). The van der Waals surface area contributed by atoms with Crippen LogP contribution in [0.1, 0.15) is 41.1 Å². The van der Waals surface area contributed by atoms with Crippen molar-refractivity contribution in [1.29, 1.82) is 0 Å². The third kappa shape index (κ3) is 4.66. The van der Waals surface area contributed by atoms with Crippen molar-refractivity contribution in [1.82, 2.24) is 34.4 Å². The molecular weight excluding hydrogens is 468 g/mol. The summed E-state index contributed by atoms with van der Waals surface area (Å²) < 4.78 is 55.4. The number of aryl methyl sites for hydroxylation is 1. The zero-order chi connectivity index (χ0) is 24.7. The Kier molecular flexibility index (Phi) is 5.85. The van der Waals surface area contributed by atoms with Crippen molar-refractivity contribution in [2.75, 3.05) is 18.0 Å². The minimum Gasteiger partial charge on any atom is -0.338 e. The SMILES string of the molecule is Cc1nccn1-c1cnc(C(=O)N(C2CC2)[C@@H]2CCN(c3ncc(C(F)(F)F)cn3)C[C@@H]2F)cn1. The van der Waals surface area contributed by atoms with Gasteiger partial charge in [-0.1, -0.05) is 0 Å². The van der Waals surface area contributed by atoms with E-state index in [0.29, 0.717) is 24.8 Å². The molecule has 3 aromatic rings. The molecule has 1 aliphatic carbocycles. The molecule has 1 amide bonds. The van der Waals surface area contributed by atoms with Crippen LogP contribution < -0.4 is 4.90 Å². The molecule has 2 fully saturated rings. The van der Waals surface area contributed by atoms with Crippen molar-refractivity contribution in [2.45, 2.75) is 50.6 Å². The number of carbonyl (C=O) groups is 1. The number of alkyl halides is 4. The molecule has 35 heavy (non-hydrogen) atoms. The second-order valence-corrected chi connectivity index (χ2v) is 8.64. The predicted octanol–water partition coefficient (Wildman–Crippen LogP) is 3.00. The zero-order valence-electron chi connectivity index (χ0n) is 18.7. The number of halogens is 4. The minimum atomic E-state index is -4.54. The molecule has 9 nitrogen and oxygen atoms in total. The summed E-state index contributed by atoms with van der Waals surface area (Å²) in [5, 5.41) is 0. The molecule has 0 unspecified atom stereocenters. The number of piperidine rings is 1. The van der Waals surface area contributed by atoms with E-state index in [-0.39, 0.29) is 36.6 Å². The number of aromatic nitrogens is 6. The van der Waals surface area contributed by atoms with Crippen molar-refractivity contribution >= 4 is 11.9 Å². The Morgan fingerprint density at radius 2 is 1.77 bits per heavy atom. The van der Waals surface area contributed by atoms with Crippen molar-refractivity contribution in [3.8, 4) is 5.82 Å². The fourth-order valence-electron chi connectivity index (χ4n) is 4.27. The second-order valence-electron chi connectivity index (χ2n) is 8.64. The van der Waals surface area contributed by atoms with Crippen LogP contribution in [0.4, 0.5) is 23.5 Å². The van der Waals surface area contributed by atoms with Crippen LogP contribution in [-0.4, -0.2) is 71.6 Å². The first-order valence-electron chi connectivity index (χ1n) is 11.2. The molecule has 0 N–H and O–H groups in total. The van der Waals surface area contributed by atoms with E-state index in [1.54, 1.807) is 21.9 Å². The van der Waals surface area contributed by atoms with Crippen LogP contribution in [-0.2, 0) is 6.18 Å². The Bertz CT molecular complexity index is 1190. The van der Waals surface area contributed by atoms with Gasteiger partial charge in [-0.25, -0.2) is 29.3 Å². The van der Waals surface area contributed by atoms with E-state index in [4.69, 9.17) is 0 Å². The number of imidazole rings is 1. The first-order chi connectivity index (χ1) is 16.7. The Hall–Kier alpha value is -3.64. The molecule has 0 aromatic carbocycles. The summed E-state index contributed by atoms with van der Waals surface area (Å²) in [5.74, 6) is 0.880. The molecular formula is C22H22F4N8O. The standard InChI is InChI=1S/C22H22F4N8O/c1-13-27-5-7-33(13)19-11-28-17(10-29-19)20(35)34(15-2-3-15)18-4-6-32(12-16(18)23)21-30-8-14(9-31-21)22(24,25)26/h5,7-11,15-16,18H,2-4,6,12H2,1H3/t16-,18+/m0/s1. The molecule has 13 heteroatoms. The molecule has 1 saturated carbocycles. The normalized spacial score (nSPS) is 20.7. The van der Waals surface area contributed by atoms with Gasteiger partial charge in [0, 0.05) is 37.4 Å². The quantitative estimate of drug-likeness (QED) is 0.508. The molecule has 0 spiro atoms. The first kappa shape index (κ1) is 23.1. The third-order valence-electron chi connectivity index (χ3n) is 6.22. The Morgan fingerprint density at radius 1 is 1.03 bits per heavy atom. The van der Waals surface area contributed by atoms with Crippen LogP contribution in [0.5, 0.6) is 0 Å². The zero-order valence-corrected chi connectivity index (χ0v) is 18.7. The van der Waals surface area contributed by atoms with Gasteiger partial charge in [-0.15, -0.1) is 0 Å². The fraction of sp³-hybridized carbons (Fsp3) is 0.455. The maximum Gasteiger partial charge on any atom is 0.419 e. The van der Waals surface area contributed by atoms with Gasteiger partial charge >= 0.3 is 6.18 Å². The van der Waals surface area contributed by atoms with Gasteiger partial charge in [-0.05, 0) is 26.2 Å². The van der Waals surface area contributed by atoms with Gasteiger partial charge in [0.15, 0.2) is 5.82 Å². The van der Waals surface area contributed by atoms with E-state index in [0.717, 1.165) is 18.7 Å². The summed E-state index contributed by atoms with van der Waals surface area (Å²) in [7, 11) is 0. The van der Waals surface area contributed by atoms with E-state index in [1.807, 2.05) is 6.92 Å². The maximum atomic E-state index is 15.3. The third-order valence-corrected chi connectivity index (χ3v) is 6.22. The molecule has 0 bridgehead atoms. The lowest BCUT2D eigenvalue weighted by atomic mass is 10.0. The highest BCUT2D eigenvalue weighted by atomic mass is 19.4. The Morgan fingerprint density at radius 3 is 2.31 bits per heavy atom. The summed E-state index contributed by atoms with van der Waals surface area (Å²) in [4.78, 5) is 36.6. The average molecular weight is 490 g/mol. The summed E-state index contributed by atoms with van der Waals surface area (Å²) in [6.45, 7) is 1.99. The van der Waals surface area contributed by atoms with E-state index in [2.05, 4.69) is 24.9 Å². The summed E-state index contributed by atoms with van der Waals surface area (Å²) in [6, 6.07) is -0.755. The highest BCUT2D eigenvalue weighted by Gasteiger charge is 2.44. The van der Waals surface area contributed by atoms with Crippen LogP contribution >= 0.6 is 0 Å². The van der Waals surface area contributed by atoms with Gasteiger partial charge in [0.1, 0.15) is 17.7 Å². The summed E-state index contributed by atoms with van der Waals surface area (Å²) in [5.41, 5.74) is -0.840. The predicted molar refractivity (Wildman–Crippen MR) is 116 cm³/mol. The number of nitrogens with zero attached hydrogens (tertiary/aromatic N) is 8. The number of carbonyl (C=O) groups excluding carboxylic acids is 1. The lowest BCUT2D eigenvalue weighted by Gasteiger charge is -2.40. The number of rotatable bonds is 5. The van der Waals surface area contributed by atoms with Gasteiger partial charge in [0.2, 0.25) is 5.95 Å². The highest BCUT2D eigenvalue weighted by Crippen LogP contribution is 2.35. The van der Waals surface area contributed by atoms with Crippen molar-refractivity contribution < 1.29 is 22.4 Å². The van der Waals surface area contributed by atoms with Crippen molar-refractivity contribution in [2.24, 2.45) is 0 Å². The molecule has 3 aromatic heterocycles. The first-order valence-corrected chi connectivity index (χ1v) is 11.2. The van der Waals surface area contributed by atoms with Crippen molar-refractivity contribution in [3.63, 3.8) is 0 Å². The van der Waals surface area contributed by atoms with Gasteiger partial charge in [0.05, 0.1) is 30.5 Å². The van der Waals surface area contributed by atoms with Gasteiger partial charge < -0.3 is 9.80 Å². The molecule has 1 saturated heterocycles. The number of amides is 1. The van der Waals surface area contributed by atoms with Gasteiger partial charge in [-0.3, -0.25) is 9.36 Å². The van der Waals surface area contributed by atoms with Crippen LogP contribution in [0.15, 0.2) is 37.2 Å². The second kappa shape index (κ2) is 8.86. The summed E-state index contributed by atoms with van der Waals surface area (Å²) in [6.07, 6.45) is 3.47. The van der Waals surface area contributed by atoms with E-state index >= 15 is 4.39 Å². The lowest BCUT2D eigenvalue weighted by molar-refractivity contribution is -0.138. The molecule has 2 aliphatic rings. The number of hydrogen-bond acceptors (Lipinski definition) is 7. The maximum absolute atomic E-state index is 15.3. The number of hydrogen-bond donors (Lipinski definition) is 0. The smallest absolute Gasteiger partial charge is 0.338 e.